The summed E-state index contributed by atoms with van der Waals surface area (Å²) >= 11 is 0. The highest BCUT2D eigenvalue weighted by atomic mass is 16.6. The summed E-state index contributed by atoms with van der Waals surface area (Å²) in [6.45, 7) is 0.747. The lowest BCUT2D eigenvalue weighted by atomic mass is 9.96. The molecule has 0 saturated carbocycles. The third-order valence-electron chi connectivity index (χ3n) is 3.98. The van der Waals surface area contributed by atoms with Gasteiger partial charge in [0.2, 0.25) is 0 Å². The fourth-order valence-electron chi connectivity index (χ4n) is 2.70. The normalized spacial score (nSPS) is 14.4. The van der Waals surface area contributed by atoms with Gasteiger partial charge in [0.25, 0.3) is 11.6 Å². The van der Waals surface area contributed by atoms with E-state index in [0.29, 0.717) is 31.6 Å². The first kappa shape index (κ1) is 18.3. The molecule has 1 fully saturated rings. The van der Waals surface area contributed by atoms with Gasteiger partial charge in [-0.25, -0.2) is 0 Å². The molecule has 2 rings (SSSR count). The minimum absolute atomic E-state index is 0.0497. The number of piperidine rings is 1. The number of para-hydroxylation sites is 2. The second-order valence-electron chi connectivity index (χ2n) is 5.60. The number of benzene rings is 1. The van der Waals surface area contributed by atoms with Crippen LogP contribution in [-0.2, 0) is 14.3 Å². The number of hydrogen-bond acceptors (Lipinski definition) is 6. The number of esters is 1. The molecule has 1 heterocycles. The second kappa shape index (κ2) is 8.68. The molecule has 8 nitrogen and oxygen atoms in total. The number of hydrogen-bond donors (Lipinski definition) is 1. The van der Waals surface area contributed by atoms with Gasteiger partial charge in [0.15, 0.2) is 6.61 Å². The minimum Gasteiger partial charge on any atom is -0.455 e. The third-order valence-corrected chi connectivity index (χ3v) is 3.98. The number of carbonyl (C=O) groups excluding carboxylic acids is 2. The number of nitrogens with one attached hydrogen (secondary N) is 1. The summed E-state index contributed by atoms with van der Waals surface area (Å²) in [5.41, 5.74) is 0.599. The maximum atomic E-state index is 12.0. The molecule has 1 amide bonds. The maximum absolute atomic E-state index is 12.0. The standard InChI is InChI=1S/C17H19N3O5/c1-2-9-18-16(21)12-25-17(22)13-7-10-19(11-8-13)14-5-3-4-6-15(14)20(23)24/h1,3-6,13H,7-12H2,(H,18,21). The first-order chi connectivity index (χ1) is 12.0. The number of carbonyl (C=O) groups is 2. The van der Waals surface area contributed by atoms with Crippen molar-refractivity contribution in [2.75, 3.05) is 31.1 Å². The summed E-state index contributed by atoms with van der Waals surface area (Å²) in [7, 11) is 0. The molecule has 1 aliphatic rings. The molecular formula is C17H19N3O5. The van der Waals surface area contributed by atoms with Crippen molar-refractivity contribution in [1.82, 2.24) is 5.32 Å². The van der Waals surface area contributed by atoms with Gasteiger partial charge in [0.05, 0.1) is 17.4 Å². The number of nitro benzene ring substituents is 1. The molecule has 1 saturated heterocycles. The van der Waals surface area contributed by atoms with Gasteiger partial charge < -0.3 is 15.0 Å². The predicted molar refractivity (Wildman–Crippen MR) is 90.8 cm³/mol. The van der Waals surface area contributed by atoms with Crippen LogP contribution in [0.3, 0.4) is 0 Å². The van der Waals surface area contributed by atoms with E-state index in [1.165, 1.54) is 6.07 Å². The van der Waals surface area contributed by atoms with Crippen molar-refractivity contribution in [2.24, 2.45) is 5.92 Å². The van der Waals surface area contributed by atoms with Crippen molar-refractivity contribution in [3.63, 3.8) is 0 Å². The third kappa shape index (κ3) is 4.94. The fourth-order valence-corrected chi connectivity index (χ4v) is 2.70. The van der Waals surface area contributed by atoms with Gasteiger partial charge in [-0.05, 0) is 18.9 Å². The van der Waals surface area contributed by atoms with Crippen molar-refractivity contribution in [2.45, 2.75) is 12.8 Å². The Bertz CT molecular complexity index is 690. The van der Waals surface area contributed by atoms with Crippen molar-refractivity contribution in [3.8, 4) is 12.3 Å². The Kier molecular flexibility index (Phi) is 6.34. The van der Waals surface area contributed by atoms with Crippen LogP contribution < -0.4 is 10.2 Å². The molecule has 0 atom stereocenters. The summed E-state index contributed by atoms with van der Waals surface area (Å²) in [6.07, 6.45) is 6.04. The van der Waals surface area contributed by atoms with Gasteiger partial charge in [-0.3, -0.25) is 19.7 Å². The number of amides is 1. The van der Waals surface area contributed by atoms with E-state index in [4.69, 9.17) is 11.2 Å². The molecule has 1 aliphatic heterocycles. The van der Waals surface area contributed by atoms with Crippen molar-refractivity contribution in [3.05, 3.63) is 34.4 Å². The minimum atomic E-state index is -0.441. The number of rotatable bonds is 6. The quantitative estimate of drug-likeness (QED) is 0.359. The molecule has 0 aliphatic carbocycles. The molecule has 132 valence electrons. The largest absolute Gasteiger partial charge is 0.455 e. The van der Waals surface area contributed by atoms with Crippen LogP contribution in [0.1, 0.15) is 12.8 Å². The zero-order valence-electron chi connectivity index (χ0n) is 13.6. The highest BCUT2D eigenvalue weighted by Gasteiger charge is 2.29. The lowest BCUT2D eigenvalue weighted by Crippen LogP contribution is -2.38. The summed E-state index contributed by atoms with van der Waals surface area (Å²) in [5.74, 6) is 1.06. The van der Waals surface area contributed by atoms with Crippen LogP contribution in [0.5, 0.6) is 0 Å². The Balaban J connectivity index is 1.85. The Hall–Kier alpha value is -3.08. The van der Waals surface area contributed by atoms with E-state index in [0.717, 1.165) is 0 Å². The van der Waals surface area contributed by atoms with Crippen molar-refractivity contribution in [1.29, 1.82) is 0 Å². The molecule has 0 unspecified atom stereocenters. The van der Waals surface area contributed by atoms with Gasteiger partial charge >= 0.3 is 5.97 Å². The number of nitrogens with zero attached hydrogens (tertiary/aromatic N) is 2. The first-order valence-corrected chi connectivity index (χ1v) is 7.88. The summed E-state index contributed by atoms with van der Waals surface area (Å²) in [4.78, 5) is 36.0. The number of anilines is 1. The van der Waals surface area contributed by atoms with Crippen LogP contribution in [0.4, 0.5) is 11.4 Å². The number of ether oxygens (including phenoxy) is 1. The maximum Gasteiger partial charge on any atom is 0.309 e. The van der Waals surface area contributed by atoms with Gasteiger partial charge in [0, 0.05) is 19.2 Å². The SMILES string of the molecule is C#CCNC(=O)COC(=O)C1CCN(c2ccccc2[N+](=O)[O-])CC1. The van der Waals surface area contributed by atoms with E-state index < -0.39 is 16.8 Å². The van der Waals surface area contributed by atoms with Crippen molar-refractivity contribution >= 4 is 23.3 Å². The lowest BCUT2D eigenvalue weighted by Gasteiger charge is -2.32. The van der Waals surface area contributed by atoms with Crippen LogP contribution in [0.25, 0.3) is 0 Å². The van der Waals surface area contributed by atoms with Crippen LogP contribution in [0.15, 0.2) is 24.3 Å². The Morgan fingerprint density at radius 2 is 2.04 bits per heavy atom. The smallest absolute Gasteiger partial charge is 0.309 e. The van der Waals surface area contributed by atoms with E-state index in [9.17, 15) is 19.7 Å². The molecule has 8 heteroatoms. The molecular weight excluding hydrogens is 326 g/mol. The van der Waals surface area contributed by atoms with E-state index >= 15 is 0 Å². The first-order valence-electron chi connectivity index (χ1n) is 7.88. The highest BCUT2D eigenvalue weighted by molar-refractivity contribution is 5.81. The zero-order valence-corrected chi connectivity index (χ0v) is 13.6. The summed E-state index contributed by atoms with van der Waals surface area (Å²) < 4.78 is 5.00. The van der Waals surface area contributed by atoms with Crippen LogP contribution in [0.2, 0.25) is 0 Å². The van der Waals surface area contributed by atoms with Crippen LogP contribution in [0, 0.1) is 28.4 Å². The highest BCUT2D eigenvalue weighted by Crippen LogP contribution is 2.31. The monoisotopic (exact) mass is 345 g/mol. The van der Waals surface area contributed by atoms with E-state index in [1.807, 2.05) is 4.90 Å². The molecule has 25 heavy (non-hydrogen) atoms. The van der Waals surface area contributed by atoms with Gasteiger partial charge in [0.1, 0.15) is 5.69 Å². The summed E-state index contributed by atoms with van der Waals surface area (Å²) in [6, 6.07) is 6.53. The lowest BCUT2D eigenvalue weighted by molar-refractivity contribution is -0.384. The molecule has 0 bridgehead atoms. The van der Waals surface area contributed by atoms with Gasteiger partial charge in [-0.2, -0.15) is 0 Å². The average Bonchev–Trinajstić information content (AvgIpc) is 2.64. The van der Waals surface area contributed by atoms with E-state index in [2.05, 4.69) is 11.2 Å². The average molecular weight is 345 g/mol. The summed E-state index contributed by atoms with van der Waals surface area (Å²) in [5, 5.41) is 13.5. The van der Waals surface area contributed by atoms with Gasteiger partial charge in [-0.1, -0.05) is 18.1 Å². The molecule has 0 spiro atoms. The topological polar surface area (TPSA) is 102 Å². The Labute approximate surface area is 145 Å². The van der Waals surface area contributed by atoms with Gasteiger partial charge in [-0.15, -0.1) is 6.42 Å². The van der Waals surface area contributed by atoms with Crippen LogP contribution >= 0.6 is 0 Å². The fraction of sp³-hybridized carbons (Fsp3) is 0.412. The van der Waals surface area contributed by atoms with E-state index in [1.54, 1.807) is 18.2 Å². The van der Waals surface area contributed by atoms with Crippen LogP contribution in [-0.4, -0.2) is 43.0 Å². The van der Waals surface area contributed by atoms with E-state index in [-0.39, 0.29) is 24.8 Å². The zero-order chi connectivity index (χ0) is 18.2. The molecule has 0 aromatic heterocycles. The second-order valence-corrected chi connectivity index (χ2v) is 5.60. The molecule has 1 aromatic rings. The number of terminal acetylenes is 1. The predicted octanol–water partition coefficient (Wildman–Crippen LogP) is 1.10. The molecule has 1 aromatic carbocycles. The molecule has 0 radical (unpaired) electrons. The van der Waals surface area contributed by atoms with Crippen molar-refractivity contribution < 1.29 is 19.2 Å². The number of nitro groups is 1. The Morgan fingerprint density at radius 1 is 1.36 bits per heavy atom. The molecule has 1 N–H and O–H groups in total. The Morgan fingerprint density at radius 3 is 2.68 bits per heavy atom.